The van der Waals surface area contributed by atoms with Gasteiger partial charge in [-0.2, -0.15) is 5.10 Å². The van der Waals surface area contributed by atoms with Crippen molar-refractivity contribution in [3.63, 3.8) is 0 Å². The maximum Gasteiger partial charge on any atom is 0.257 e. The molecule has 0 saturated carbocycles. The first kappa shape index (κ1) is 12.5. The first-order valence-electron chi connectivity index (χ1n) is 5.38. The van der Waals surface area contributed by atoms with E-state index in [1.807, 2.05) is 4.90 Å². The van der Waals surface area contributed by atoms with Crippen LogP contribution in [0.25, 0.3) is 0 Å². The molecule has 1 fully saturated rings. The third-order valence-corrected chi connectivity index (χ3v) is 3.72. The summed E-state index contributed by atoms with van der Waals surface area (Å²) in [5.41, 5.74) is 0.441. The van der Waals surface area contributed by atoms with Crippen LogP contribution in [0.4, 0.5) is 0 Å². The van der Waals surface area contributed by atoms with Gasteiger partial charge in [-0.15, -0.1) is 0 Å². The molecule has 3 N–H and O–H groups in total. The number of nitrogens with zero attached hydrogens (tertiary/aromatic N) is 3. The van der Waals surface area contributed by atoms with Crippen molar-refractivity contribution in [1.82, 2.24) is 14.7 Å². The Morgan fingerprint density at radius 3 is 2.53 bits per heavy atom. The van der Waals surface area contributed by atoms with E-state index in [1.54, 1.807) is 7.05 Å². The molecule has 1 saturated heterocycles. The van der Waals surface area contributed by atoms with E-state index < -0.39 is 16.3 Å². The minimum atomic E-state index is -3.82. The quantitative estimate of drug-likeness (QED) is 0.737. The van der Waals surface area contributed by atoms with Gasteiger partial charge in [0.2, 0.25) is 0 Å². The van der Waals surface area contributed by atoms with Crippen LogP contribution >= 0.6 is 0 Å². The molecule has 8 heteroatoms. The van der Waals surface area contributed by atoms with E-state index in [1.165, 1.54) is 10.7 Å². The SMILES string of the molecule is Cn1nc(S(N)(=O)=O)cc1C(O)N1CCCC1. The van der Waals surface area contributed by atoms with Gasteiger partial charge in [-0.3, -0.25) is 9.58 Å². The third kappa shape index (κ3) is 2.49. The molecular weight excluding hydrogens is 244 g/mol. The van der Waals surface area contributed by atoms with Gasteiger partial charge in [0.25, 0.3) is 10.0 Å². The predicted molar refractivity (Wildman–Crippen MR) is 60.3 cm³/mol. The molecule has 0 spiro atoms. The molecule has 7 nitrogen and oxygen atoms in total. The second kappa shape index (κ2) is 4.37. The topological polar surface area (TPSA) is 101 Å². The third-order valence-electron chi connectivity index (χ3n) is 2.94. The number of aliphatic hydroxyl groups is 1. The van der Waals surface area contributed by atoms with E-state index in [0.29, 0.717) is 5.69 Å². The monoisotopic (exact) mass is 260 g/mol. The highest BCUT2D eigenvalue weighted by Gasteiger charge is 2.26. The zero-order valence-electron chi connectivity index (χ0n) is 9.57. The lowest BCUT2D eigenvalue weighted by atomic mass is 10.3. The fourth-order valence-corrected chi connectivity index (χ4v) is 2.53. The lowest BCUT2D eigenvalue weighted by molar-refractivity contribution is 0.0126. The highest BCUT2D eigenvalue weighted by molar-refractivity contribution is 7.89. The number of aromatic nitrogens is 2. The summed E-state index contributed by atoms with van der Waals surface area (Å²) in [6, 6.07) is 1.32. The van der Waals surface area contributed by atoms with Crippen molar-refractivity contribution >= 4 is 10.0 Å². The standard InChI is InChI=1S/C9H16N4O3S/c1-12-7(6-8(11-12)17(10,15)16)9(14)13-4-2-3-5-13/h6,9,14H,2-5H2,1H3,(H2,10,15,16). The van der Waals surface area contributed by atoms with Crippen LogP contribution in [0, 0.1) is 0 Å². The van der Waals surface area contributed by atoms with Crippen LogP contribution in [-0.4, -0.2) is 41.3 Å². The van der Waals surface area contributed by atoms with Gasteiger partial charge in [-0.05, 0) is 12.8 Å². The number of aliphatic hydroxyl groups excluding tert-OH is 1. The second-order valence-electron chi connectivity index (χ2n) is 4.19. The Balaban J connectivity index is 2.29. The van der Waals surface area contributed by atoms with Crippen molar-refractivity contribution in [3.8, 4) is 0 Å². The van der Waals surface area contributed by atoms with Gasteiger partial charge in [-0.25, -0.2) is 13.6 Å². The molecule has 0 aliphatic carbocycles. The predicted octanol–water partition coefficient (Wildman–Crippen LogP) is -0.846. The number of aryl methyl sites for hydroxylation is 1. The average molecular weight is 260 g/mol. The van der Waals surface area contributed by atoms with Gasteiger partial charge < -0.3 is 5.11 Å². The Hall–Kier alpha value is -0.960. The van der Waals surface area contributed by atoms with E-state index >= 15 is 0 Å². The Morgan fingerprint density at radius 2 is 2.06 bits per heavy atom. The van der Waals surface area contributed by atoms with Crippen molar-refractivity contribution < 1.29 is 13.5 Å². The minimum Gasteiger partial charge on any atom is -0.372 e. The zero-order chi connectivity index (χ0) is 12.6. The number of sulfonamides is 1. The molecule has 1 aromatic heterocycles. The summed E-state index contributed by atoms with van der Waals surface area (Å²) in [6.07, 6.45) is 1.25. The summed E-state index contributed by atoms with van der Waals surface area (Å²) in [5, 5.41) is 18.7. The molecule has 0 bridgehead atoms. The number of hydrogen-bond donors (Lipinski definition) is 2. The normalized spacial score (nSPS) is 19.7. The molecule has 1 aromatic rings. The Kier molecular flexibility index (Phi) is 3.21. The lowest BCUT2D eigenvalue weighted by Gasteiger charge is -2.21. The van der Waals surface area contributed by atoms with E-state index in [9.17, 15) is 13.5 Å². The molecule has 0 aromatic carbocycles. The van der Waals surface area contributed by atoms with Crippen LogP contribution < -0.4 is 5.14 Å². The van der Waals surface area contributed by atoms with E-state index in [2.05, 4.69) is 5.10 Å². The van der Waals surface area contributed by atoms with Gasteiger partial charge in [0.05, 0.1) is 5.69 Å². The zero-order valence-corrected chi connectivity index (χ0v) is 10.4. The maximum atomic E-state index is 11.1. The molecule has 96 valence electrons. The molecule has 1 aliphatic heterocycles. The summed E-state index contributed by atoms with van der Waals surface area (Å²) in [7, 11) is -2.24. The Labute approximate surface area is 99.9 Å². The average Bonchev–Trinajstić information content (AvgIpc) is 2.83. The maximum absolute atomic E-state index is 11.1. The van der Waals surface area contributed by atoms with Gasteiger partial charge >= 0.3 is 0 Å². The molecule has 2 heterocycles. The van der Waals surface area contributed by atoms with Crippen molar-refractivity contribution in [2.75, 3.05) is 13.1 Å². The molecule has 2 rings (SSSR count). The summed E-state index contributed by atoms with van der Waals surface area (Å²) < 4.78 is 23.6. The van der Waals surface area contributed by atoms with Gasteiger partial charge in [0.15, 0.2) is 5.03 Å². The highest BCUT2D eigenvalue weighted by atomic mass is 32.2. The van der Waals surface area contributed by atoms with Crippen LogP contribution in [0.1, 0.15) is 24.8 Å². The second-order valence-corrected chi connectivity index (χ2v) is 5.70. The Bertz CT molecular complexity index is 504. The largest absolute Gasteiger partial charge is 0.372 e. The number of likely N-dealkylation sites (tertiary alicyclic amines) is 1. The lowest BCUT2D eigenvalue weighted by Crippen LogP contribution is -2.26. The number of rotatable bonds is 3. The van der Waals surface area contributed by atoms with Crippen molar-refractivity contribution in [2.45, 2.75) is 24.1 Å². The first-order chi connectivity index (χ1) is 7.89. The number of nitrogens with two attached hydrogens (primary N) is 1. The van der Waals surface area contributed by atoms with Crippen molar-refractivity contribution in [3.05, 3.63) is 11.8 Å². The van der Waals surface area contributed by atoms with Gasteiger partial charge in [0.1, 0.15) is 6.23 Å². The molecule has 1 unspecified atom stereocenters. The fourth-order valence-electron chi connectivity index (χ4n) is 2.01. The van der Waals surface area contributed by atoms with Crippen LogP contribution in [0.3, 0.4) is 0 Å². The summed E-state index contributed by atoms with van der Waals surface area (Å²) in [6.45, 7) is 1.61. The van der Waals surface area contributed by atoms with Gasteiger partial charge in [-0.1, -0.05) is 0 Å². The molecule has 1 aliphatic rings. The van der Waals surface area contributed by atoms with Crippen molar-refractivity contribution in [1.29, 1.82) is 0 Å². The Morgan fingerprint density at radius 1 is 1.47 bits per heavy atom. The van der Waals surface area contributed by atoms with Crippen LogP contribution in [0.5, 0.6) is 0 Å². The number of hydrogen-bond acceptors (Lipinski definition) is 5. The molecule has 17 heavy (non-hydrogen) atoms. The summed E-state index contributed by atoms with van der Waals surface area (Å²) in [5.74, 6) is 0. The molecule has 1 atom stereocenters. The van der Waals surface area contributed by atoms with Crippen molar-refractivity contribution in [2.24, 2.45) is 12.2 Å². The van der Waals surface area contributed by atoms with E-state index in [-0.39, 0.29) is 5.03 Å². The first-order valence-corrected chi connectivity index (χ1v) is 6.93. The van der Waals surface area contributed by atoms with Crippen LogP contribution in [-0.2, 0) is 17.1 Å². The minimum absolute atomic E-state index is 0.215. The molecular formula is C9H16N4O3S. The van der Waals surface area contributed by atoms with Crippen LogP contribution in [0.2, 0.25) is 0 Å². The van der Waals surface area contributed by atoms with Gasteiger partial charge in [0, 0.05) is 26.2 Å². The fraction of sp³-hybridized carbons (Fsp3) is 0.667. The van der Waals surface area contributed by atoms with Crippen LogP contribution in [0.15, 0.2) is 11.1 Å². The number of primary sulfonamides is 1. The van der Waals surface area contributed by atoms with E-state index in [4.69, 9.17) is 5.14 Å². The summed E-state index contributed by atoms with van der Waals surface area (Å²) >= 11 is 0. The summed E-state index contributed by atoms with van der Waals surface area (Å²) in [4.78, 5) is 1.88. The smallest absolute Gasteiger partial charge is 0.257 e. The van der Waals surface area contributed by atoms with E-state index in [0.717, 1.165) is 25.9 Å². The molecule has 0 amide bonds. The molecule has 0 radical (unpaired) electrons. The highest BCUT2D eigenvalue weighted by Crippen LogP contribution is 2.23.